The molecule has 1 unspecified atom stereocenters. The fraction of sp³-hybridized carbons (Fsp3) is 0.273. The fourth-order valence-electron chi connectivity index (χ4n) is 1.08. The van der Waals surface area contributed by atoms with E-state index in [2.05, 4.69) is 0 Å². The first-order chi connectivity index (χ1) is 7.65. The first kappa shape index (κ1) is 12.7. The molecule has 0 fully saturated rings. The molecule has 4 nitrogen and oxygen atoms in total. The van der Waals surface area contributed by atoms with Crippen LogP contribution in [0.15, 0.2) is 30.3 Å². The minimum atomic E-state index is -1.09. The third-order valence-electron chi connectivity index (χ3n) is 1.85. The molecule has 0 saturated carbocycles. The van der Waals surface area contributed by atoms with Crippen LogP contribution >= 0.6 is 0 Å². The summed E-state index contributed by atoms with van der Waals surface area (Å²) in [7, 11) is 0. The van der Waals surface area contributed by atoms with Gasteiger partial charge in [0.1, 0.15) is 0 Å². The van der Waals surface area contributed by atoms with E-state index in [1.807, 2.05) is 5.82 Å². The average Bonchev–Trinajstić information content (AvgIpc) is 2.29. The Balaban J connectivity index is 2.65. The second-order valence-corrected chi connectivity index (χ2v) is 4.96. The SMILES string of the molecule is C[Se]CC(OC(=O)c1ccccc1)C(=O)O. The summed E-state index contributed by atoms with van der Waals surface area (Å²) in [5, 5.41) is 9.22. The van der Waals surface area contributed by atoms with Gasteiger partial charge >= 0.3 is 99.5 Å². The molecule has 0 radical (unpaired) electrons. The van der Waals surface area contributed by atoms with Crippen LogP contribution in [0.4, 0.5) is 0 Å². The minimum absolute atomic E-state index is 0.153. The van der Waals surface area contributed by atoms with Crippen molar-refractivity contribution in [2.75, 3.05) is 0 Å². The number of carbonyl (C=O) groups is 2. The third-order valence-corrected chi connectivity index (χ3v) is 3.19. The van der Waals surface area contributed by atoms with E-state index in [9.17, 15) is 9.59 Å². The summed E-state index contributed by atoms with van der Waals surface area (Å²) < 4.78 is 4.92. The molecular formula is C11H12O4Se. The predicted molar refractivity (Wildman–Crippen MR) is 59.7 cm³/mol. The zero-order chi connectivity index (χ0) is 12.0. The van der Waals surface area contributed by atoms with Crippen molar-refractivity contribution in [3.63, 3.8) is 0 Å². The predicted octanol–water partition coefficient (Wildman–Crippen LogP) is 1.47. The number of carboxylic acids is 1. The van der Waals surface area contributed by atoms with Crippen molar-refractivity contribution in [2.45, 2.75) is 17.2 Å². The average molecular weight is 287 g/mol. The summed E-state index contributed by atoms with van der Waals surface area (Å²) in [6.45, 7) is 0. The molecule has 1 N–H and O–H groups in total. The van der Waals surface area contributed by atoms with Crippen LogP contribution < -0.4 is 0 Å². The summed E-state index contributed by atoms with van der Waals surface area (Å²) in [5.74, 6) is 0.226. The van der Waals surface area contributed by atoms with Gasteiger partial charge in [-0.15, -0.1) is 0 Å². The van der Waals surface area contributed by atoms with Gasteiger partial charge in [-0.3, -0.25) is 0 Å². The van der Waals surface area contributed by atoms with E-state index in [1.165, 1.54) is 0 Å². The molecule has 1 atom stereocenters. The molecule has 0 heterocycles. The number of benzene rings is 1. The van der Waals surface area contributed by atoms with E-state index in [-0.39, 0.29) is 15.0 Å². The molecule has 0 spiro atoms. The van der Waals surface area contributed by atoms with Gasteiger partial charge in [-0.05, 0) is 0 Å². The number of carbonyl (C=O) groups excluding carboxylic acids is 1. The normalized spacial score (nSPS) is 11.8. The molecule has 16 heavy (non-hydrogen) atoms. The van der Waals surface area contributed by atoms with Crippen molar-refractivity contribution in [3.8, 4) is 0 Å². The standard InChI is InChI=1S/C11H12O4Se/c1-16-7-9(10(12)13)15-11(14)8-5-3-2-4-6-8/h2-6,9H,7H2,1H3,(H,12,13). The summed E-state index contributed by atoms with van der Waals surface area (Å²) in [5.41, 5.74) is 0.373. The Bertz CT molecular complexity index is 364. The van der Waals surface area contributed by atoms with Gasteiger partial charge in [-0.2, -0.15) is 0 Å². The van der Waals surface area contributed by atoms with E-state index in [0.717, 1.165) is 0 Å². The maximum absolute atomic E-state index is 11.6. The molecule has 86 valence electrons. The molecule has 0 bridgehead atoms. The van der Waals surface area contributed by atoms with Gasteiger partial charge in [-0.1, -0.05) is 0 Å². The number of ether oxygens (including phenoxy) is 1. The molecule has 1 rings (SSSR count). The topological polar surface area (TPSA) is 63.6 Å². The van der Waals surface area contributed by atoms with Crippen LogP contribution in [0.3, 0.4) is 0 Å². The molecule has 0 aromatic heterocycles. The Morgan fingerprint density at radius 1 is 1.38 bits per heavy atom. The number of aliphatic carboxylic acids is 1. The second-order valence-electron chi connectivity index (χ2n) is 3.05. The van der Waals surface area contributed by atoms with Gasteiger partial charge in [0.2, 0.25) is 0 Å². The first-order valence-corrected chi connectivity index (χ1v) is 7.55. The van der Waals surface area contributed by atoms with Crippen molar-refractivity contribution in [2.24, 2.45) is 0 Å². The van der Waals surface area contributed by atoms with E-state index < -0.39 is 18.0 Å². The van der Waals surface area contributed by atoms with E-state index in [1.54, 1.807) is 30.3 Å². The van der Waals surface area contributed by atoms with Crippen LogP contribution in [-0.4, -0.2) is 38.1 Å². The molecule has 0 aliphatic heterocycles. The number of hydrogen-bond donors (Lipinski definition) is 1. The van der Waals surface area contributed by atoms with Crippen LogP contribution in [0.25, 0.3) is 0 Å². The monoisotopic (exact) mass is 288 g/mol. The van der Waals surface area contributed by atoms with Crippen LogP contribution in [0.2, 0.25) is 11.1 Å². The Hall–Kier alpha value is -1.32. The van der Waals surface area contributed by atoms with Crippen molar-refractivity contribution in [3.05, 3.63) is 35.9 Å². The van der Waals surface area contributed by atoms with Gasteiger partial charge in [0.15, 0.2) is 0 Å². The summed E-state index contributed by atoms with van der Waals surface area (Å²) in [6.07, 6.45) is -1.03. The zero-order valence-electron chi connectivity index (χ0n) is 8.75. The molecule has 1 aromatic carbocycles. The van der Waals surface area contributed by atoms with Crippen LogP contribution in [0.5, 0.6) is 0 Å². The Morgan fingerprint density at radius 3 is 2.50 bits per heavy atom. The number of esters is 1. The fourth-order valence-corrected chi connectivity index (χ4v) is 2.16. The summed E-state index contributed by atoms with van der Waals surface area (Å²) in [6, 6.07) is 8.38. The zero-order valence-corrected chi connectivity index (χ0v) is 10.5. The van der Waals surface area contributed by atoms with Gasteiger partial charge in [0.05, 0.1) is 0 Å². The van der Waals surface area contributed by atoms with Gasteiger partial charge in [0, 0.05) is 0 Å². The Morgan fingerprint density at radius 2 is 2.00 bits per heavy atom. The molecule has 0 saturated heterocycles. The quantitative estimate of drug-likeness (QED) is 0.658. The second kappa shape index (κ2) is 6.30. The van der Waals surface area contributed by atoms with Crippen molar-refractivity contribution in [1.29, 1.82) is 0 Å². The molecular weight excluding hydrogens is 275 g/mol. The third kappa shape index (κ3) is 3.68. The number of carboxylic acid groups (broad SMARTS) is 1. The Kier molecular flexibility index (Phi) is 5.02. The molecule has 5 heteroatoms. The number of rotatable bonds is 5. The van der Waals surface area contributed by atoms with Gasteiger partial charge in [0.25, 0.3) is 0 Å². The van der Waals surface area contributed by atoms with Crippen molar-refractivity contribution in [1.82, 2.24) is 0 Å². The first-order valence-electron chi connectivity index (χ1n) is 4.63. The molecule has 1 aromatic rings. The molecule has 0 aliphatic rings. The van der Waals surface area contributed by atoms with E-state index in [4.69, 9.17) is 9.84 Å². The summed E-state index contributed by atoms with van der Waals surface area (Å²) >= 11 is 0.153. The van der Waals surface area contributed by atoms with Gasteiger partial charge < -0.3 is 0 Å². The van der Waals surface area contributed by atoms with Gasteiger partial charge in [-0.25, -0.2) is 0 Å². The van der Waals surface area contributed by atoms with Crippen LogP contribution in [0, 0.1) is 0 Å². The maximum atomic E-state index is 11.6. The van der Waals surface area contributed by atoms with Crippen LogP contribution in [0.1, 0.15) is 10.4 Å². The van der Waals surface area contributed by atoms with E-state index in [0.29, 0.717) is 10.9 Å². The van der Waals surface area contributed by atoms with E-state index >= 15 is 0 Å². The summed E-state index contributed by atoms with van der Waals surface area (Å²) in [4.78, 5) is 22.3. The molecule has 0 amide bonds. The Labute approximate surface area is 99.8 Å². The number of hydrogen-bond acceptors (Lipinski definition) is 3. The van der Waals surface area contributed by atoms with Crippen LogP contribution in [-0.2, 0) is 9.53 Å². The molecule has 0 aliphatic carbocycles. The van der Waals surface area contributed by atoms with Crippen molar-refractivity contribution >= 4 is 26.9 Å². The van der Waals surface area contributed by atoms with Crippen molar-refractivity contribution < 1.29 is 19.4 Å².